The van der Waals surface area contributed by atoms with Crippen molar-refractivity contribution in [2.75, 3.05) is 13.6 Å². The molecule has 6 amide bonds. The van der Waals surface area contributed by atoms with Crippen LogP contribution in [0.1, 0.15) is 83.3 Å². The molecule has 0 spiro atoms. The molecule has 6 atom stereocenters. The molecule has 16 nitrogen and oxygen atoms in total. The van der Waals surface area contributed by atoms with Gasteiger partial charge in [0.1, 0.15) is 35.1 Å². The van der Waals surface area contributed by atoms with Gasteiger partial charge < -0.3 is 29.9 Å². The van der Waals surface area contributed by atoms with E-state index in [1.54, 1.807) is 46.0 Å². The Morgan fingerprint density at radius 1 is 1.09 bits per heavy atom. The Hall–Kier alpha value is -5.00. The Balaban J connectivity index is 1.31. The van der Waals surface area contributed by atoms with Crippen LogP contribution < -0.4 is 15.4 Å². The largest absolute Gasteiger partial charge is 0.444 e. The summed E-state index contributed by atoms with van der Waals surface area (Å²) < 4.78 is 53.7. The lowest BCUT2D eigenvalue weighted by atomic mass is 9.99. The van der Waals surface area contributed by atoms with Crippen molar-refractivity contribution in [3.63, 3.8) is 0 Å². The summed E-state index contributed by atoms with van der Waals surface area (Å²) in [5, 5.41) is 4.70. The predicted molar refractivity (Wildman–Crippen MR) is 203 cm³/mol. The van der Waals surface area contributed by atoms with Gasteiger partial charge in [0.05, 0.1) is 18.3 Å². The van der Waals surface area contributed by atoms with E-state index in [0.29, 0.717) is 36.8 Å². The summed E-state index contributed by atoms with van der Waals surface area (Å²) in [7, 11) is -2.39. The molecular formula is C39H51FN6O10S. The van der Waals surface area contributed by atoms with E-state index in [-0.39, 0.29) is 51.2 Å². The number of rotatable bonds is 7. The number of hydrogen-bond acceptors (Lipinski definition) is 10. The maximum absolute atomic E-state index is 14.6. The van der Waals surface area contributed by atoms with Gasteiger partial charge in [-0.2, -0.15) is 0 Å². The molecule has 3 fully saturated rings. The standard InChI is InChI=1S/C39H51FN6O10S/c1-6-32(47)44(5)25-12-8-7-11-24-19-39(24,35(50)43-57(53,54)27-15-16-27)42-33(48)31-18-26(55-37(52)45-20-23-10-9-13-29(40)28(23)22-45)21-46(31)34(49)30(17-14-25)41-36(51)56-38(2,3)4/h6-7,9-11,13,24-27,30-31H,1,8,12,14-22H2,2-5H3,(H,41,51)(H,42,48)(H,43,50)/b11-7-/t24-,25?,26-,30+,31+,39-/m1/s1. The van der Waals surface area contributed by atoms with Gasteiger partial charge in [-0.1, -0.05) is 30.9 Å². The average Bonchev–Trinajstić information content (AvgIpc) is 4.02. The smallest absolute Gasteiger partial charge is 0.410 e. The zero-order valence-corrected chi connectivity index (χ0v) is 33.4. The van der Waals surface area contributed by atoms with Gasteiger partial charge in [-0.3, -0.25) is 28.8 Å². The van der Waals surface area contributed by atoms with Crippen LogP contribution in [-0.4, -0.2) is 113 Å². The Morgan fingerprint density at radius 2 is 1.82 bits per heavy atom. The lowest BCUT2D eigenvalue weighted by Crippen LogP contribution is -2.58. The van der Waals surface area contributed by atoms with E-state index in [4.69, 9.17) is 9.47 Å². The summed E-state index contributed by atoms with van der Waals surface area (Å²) in [6.45, 7) is 8.33. The van der Waals surface area contributed by atoms with Crippen molar-refractivity contribution in [3.05, 3.63) is 60.0 Å². The molecule has 1 saturated heterocycles. The highest BCUT2D eigenvalue weighted by atomic mass is 32.2. The molecule has 57 heavy (non-hydrogen) atoms. The summed E-state index contributed by atoms with van der Waals surface area (Å²) >= 11 is 0. The van der Waals surface area contributed by atoms with Crippen molar-refractivity contribution >= 4 is 45.8 Å². The molecule has 6 rings (SSSR count). The Kier molecular flexibility index (Phi) is 11.8. The molecule has 2 saturated carbocycles. The van der Waals surface area contributed by atoms with E-state index in [2.05, 4.69) is 21.9 Å². The number of allylic oxidation sites excluding steroid dienone is 1. The minimum Gasteiger partial charge on any atom is -0.444 e. The molecule has 0 radical (unpaired) electrons. The van der Waals surface area contributed by atoms with Crippen LogP contribution in [0, 0.1) is 11.7 Å². The van der Waals surface area contributed by atoms with E-state index < -0.39 is 92.3 Å². The van der Waals surface area contributed by atoms with Gasteiger partial charge in [0.2, 0.25) is 27.7 Å². The van der Waals surface area contributed by atoms with Crippen LogP contribution in [0.5, 0.6) is 0 Å². The lowest BCUT2D eigenvalue weighted by Gasteiger charge is -2.32. The number of nitrogens with zero attached hydrogens (tertiary/aromatic N) is 3. The molecule has 5 aliphatic rings. The topological polar surface area (TPSA) is 201 Å². The van der Waals surface area contributed by atoms with Crippen molar-refractivity contribution in [1.29, 1.82) is 0 Å². The number of amides is 6. The fourth-order valence-corrected chi connectivity index (χ4v) is 9.10. The summed E-state index contributed by atoms with van der Waals surface area (Å²) in [6, 6.07) is 1.51. The predicted octanol–water partition coefficient (Wildman–Crippen LogP) is 2.77. The Morgan fingerprint density at radius 3 is 2.49 bits per heavy atom. The van der Waals surface area contributed by atoms with Crippen molar-refractivity contribution < 1.29 is 51.0 Å². The molecule has 310 valence electrons. The number of fused-ring (bicyclic) bond motifs is 3. The first-order valence-corrected chi connectivity index (χ1v) is 20.8. The molecule has 0 aromatic heterocycles. The first kappa shape index (κ1) is 41.6. The zero-order chi connectivity index (χ0) is 41.4. The number of sulfonamides is 1. The molecular weight excluding hydrogens is 764 g/mol. The van der Waals surface area contributed by atoms with Gasteiger partial charge in [0, 0.05) is 37.5 Å². The molecule has 1 aromatic carbocycles. The van der Waals surface area contributed by atoms with Gasteiger partial charge in [-0.25, -0.2) is 22.4 Å². The van der Waals surface area contributed by atoms with Gasteiger partial charge in [0.15, 0.2) is 0 Å². The van der Waals surface area contributed by atoms with E-state index in [9.17, 15) is 41.6 Å². The summed E-state index contributed by atoms with van der Waals surface area (Å²) in [5.74, 6) is -3.81. The molecule has 1 unspecified atom stereocenters. The summed E-state index contributed by atoms with van der Waals surface area (Å²) in [6.07, 6.45) is 3.79. The highest BCUT2D eigenvalue weighted by Gasteiger charge is 2.62. The van der Waals surface area contributed by atoms with Gasteiger partial charge >= 0.3 is 12.2 Å². The highest BCUT2D eigenvalue weighted by Crippen LogP contribution is 2.46. The van der Waals surface area contributed by atoms with E-state index in [0.717, 1.165) is 0 Å². The van der Waals surface area contributed by atoms with Crippen LogP contribution in [0.25, 0.3) is 0 Å². The van der Waals surface area contributed by atoms with Crippen molar-refractivity contribution in [1.82, 2.24) is 30.1 Å². The highest BCUT2D eigenvalue weighted by molar-refractivity contribution is 7.91. The second-order valence-electron chi connectivity index (χ2n) is 16.5. The second kappa shape index (κ2) is 16.1. The van der Waals surface area contributed by atoms with Crippen LogP contribution in [-0.2, 0) is 51.8 Å². The minimum atomic E-state index is -3.99. The number of benzene rings is 1. The first-order valence-electron chi connectivity index (χ1n) is 19.3. The van der Waals surface area contributed by atoms with Crippen LogP contribution in [0.3, 0.4) is 0 Å². The van der Waals surface area contributed by atoms with Gasteiger partial charge in [-0.15, -0.1) is 0 Å². The number of likely N-dealkylation sites (N-methyl/N-ethyl adjacent to an activating group) is 1. The molecule has 3 N–H and O–H groups in total. The Labute approximate surface area is 331 Å². The number of hydrogen-bond donors (Lipinski definition) is 3. The van der Waals surface area contributed by atoms with Crippen LogP contribution in [0.2, 0.25) is 0 Å². The first-order chi connectivity index (χ1) is 26.8. The third-order valence-corrected chi connectivity index (χ3v) is 13.0. The van der Waals surface area contributed by atoms with Crippen molar-refractivity contribution in [2.45, 2.75) is 126 Å². The molecule has 0 bridgehead atoms. The fraction of sp³-hybridized carbons (Fsp3) is 0.590. The number of halogens is 1. The number of alkyl carbamates (subject to hydrolysis) is 1. The van der Waals surface area contributed by atoms with E-state index in [1.807, 2.05) is 6.08 Å². The Bertz CT molecular complexity index is 1970. The van der Waals surface area contributed by atoms with Crippen LogP contribution >= 0.6 is 0 Å². The van der Waals surface area contributed by atoms with Crippen molar-refractivity contribution in [3.8, 4) is 0 Å². The quantitative estimate of drug-likeness (QED) is 0.272. The normalized spacial score (nSPS) is 28.3. The average molecular weight is 815 g/mol. The van der Waals surface area contributed by atoms with Gasteiger partial charge in [-0.05, 0) is 83.4 Å². The summed E-state index contributed by atoms with van der Waals surface area (Å²) in [4.78, 5) is 86.1. The summed E-state index contributed by atoms with van der Waals surface area (Å²) in [5.41, 5.74) is -1.60. The number of carbonyl (C=O) groups is 6. The lowest BCUT2D eigenvalue weighted by molar-refractivity contribution is -0.141. The maximum Gasteiger partial charge on any atom is 0.410 e. The van der Waals surface area contributed by atoms with E-state index >= 15 is 0 Å². The maximum atomic E-state index is 14.6. The fourth-order valence-electron chi connectivity index (χ4n) is 7.74. The minimum absolute atomic E-state index is 0.0160. The molecule has 18 heteroatoms. The van der Waals surface area contributed by atoms with Crippen LogP contribution in [0.4, 0.5) is 14.0 Å². The molecule has 2 aliphatic carbocycles. The van der Waals surface area contributed by atoms with Gasteiger partial charge in [0.25, 0.3) is 5.91 Å². The number of nitrogens with one attached hydrogen (secondary N) is 3. The number of carbonyl (C=O) groups excluding carboxylic acids is 6. The number of ether oxygens (including phenoxy) is 2. The molecule has 3 heterocycles. The SMILES string of the molecule is C=CC(=O)N(C)C1CC/C=C\[C@@H]2C[C@@]2(C(=O)NS(=O)(=O)C2CC2)NC(=O)[C@@H]2C[C@@H](OC(=O)N3Cc4cccc(F)c4C3)CN2C(=O)[C@@H](NC(=O)OC(C)(C)C)CC1. The second-order valence-corrected chi connectivity index (χ2v) is 18.5. The van der Waals surface area contributed by atoms with E-state index in [1.165, 1.54) is 26.8 Å². The monoisotopic (exact) mass is 814 g/mol. The molecule has 1 aromatic rings. The third-order valence-electron chi connectivity index (χ3n) is 11.1. The van der Waals surface area contributed by atoms with Crippen LogP contribution in [0.15, 0.2) is 43.0 Å². The van der Waals surface area contributed by atoms with Crippen molar-refractivity contribution in [2.24, 2.45) is 5.92 Å². The zero-order valence-electron chi connectivity index (χ0n) is 32.6. The molecule has 3 aliphatic heterocycles. The third kappa shape index (κ3) is 9.42.